The molecule has 1 aliphatic rings. The first-order valence-electron chi connectivity index (χ1n) is 3.09. The van der Waals surface area contributed by atoms with Crippen LogP contribution in [0.5, 0.6) is 0 Å². The summed E-state index contributed by atoms with van der Waals surface area (Å²) in [6, 6.07) is 0.968. The van der Waals surface area contributed by atoms with Crippen LogP contribution in [-0.2, 0) is 4.74 Å². The van der Waals surface area contributed by atoms with Gasteiger partial charge in [0.25, 0.3) is 0 Å². The molecule has 0 aromatic carbocycles. The van der Waals surface area contributed by atoms with Crippen LogP contribution in [-0.4, -0.2) is 49.8 Å². The molecule has 0 aromatic rings. The Labute approximate surface area is 55.5 Å². The Morgan fingerprint density at radius 1 is 1.67 bits per heavy atom. The van der Waals surface area contributed by atoms with Crippen LogP contribution in [0.3, 0.4) is 0 Å². The minimum atomic E-state index is 0.968. The lowest BCUT2D eigenvalue weighted by molar-refractivity contribution is -0.495. The quantitative estimate of drug-likeness (QED) is 0.413. The predicted octanol–water partition coefficient (Wildman–Crippen LogP) is -0.423. The molecule has 1 aliphatic heterocycles. The summed E-state index contributed by atoms with van der Waals surface area (Å²) in [5.74, 6) is 0. The van der Waals surface area contributed by atoms with E-state index in [-0.39, 0.29) is 0 Å². The van der Waals surface area contributed by atoms with Crippen LogP contribution in [0.1, 0.15) is 0 Å². The zero-order chi connectivity index (χ0) is 6.85. The van der Waals surface area contributed by atoms with Gasteiger partial charge in [-0.1, -0.05) is 0 Å². The van der Waals surface area contributed by atoms with E-state index in [0.29, 0.717) is 0 Å². The minimum absolute atomic E-state index is 0.968. The molecular formula is C6H13N2O+. The van der Waals surface area contributed by atoms with Crippen LogP contribution in [0.4, 0.5) is 0 Å². The summed E-state index contributed by atoms with van der Waals surface area (Å²) in [7, 11) is 5.76. The standard InChI is InChI=1S/C6H13N2O/c1-7-4-5-8(2)6(7)9-3/h4-5H2,1-3H3/q+1. The van der Waals surface area contributed by atoms with Crippen LogP contribution in [0.25, 0.3) is 0 Å². The SMILES string of the molecule is COC1=[N+](C)CCN1C. The van der Waals surface area contributed by atoms with Crippen LogP contribution in [0, 0.1) is 0 Å². The third kappa shape index (κ3) is 0.992. The summed E-state index contributed by atoms with van der Waals surface area (Å²) in [6.45, 7) is 2.14. The largest absolute Gasteiger partial charge is 0.445 e. The molecule has 0 aromatic heterocycles. The van der Waals surface area contributed by atoms with Crippen molar-refractivity contribution < 1.29 is 9.31 Å². The Bertz CT molecular complexity index is 142. The van der Waals surface area contributed by atoms with Crippen molar-refractivity contribution in [3.63, 3.8) is 0 Å². The number of methoxy groups -OCH3 is 1. The van der Waals surface area contributed by atoms with Crippen molar-refractivity contribution in [1.82, 2.24) is 4.90 Å². The van der Waals surface area contributed by atoms with E-state index in [4.69, 9.17) is 4.74 Å². The molecule has 0 saturated carbocycles. The van der Waals surface area contributed by atoms with E-state index >= 15 is 0 Å². The molecular weight excluding hydrogens is 116 g/mol. The first-order valence-corrected chi connectivity index (χ1v) is 3.09. The normalized spacial score (nSPS) is 19.2. The van der Waals surface area contributed by atoms with Gasteiger partial charge < -0.3 is 4.74 Å². The van der Waals surface area contributed by atoms with Crippen molar-refractivity contribution in [2.75, 3.05) is 34.3 Å². The van der Waals surface area contributed by atoms with Crippen LogP contribution in [0.2, 0.25) is 0 Å². The lowest BCUT2D eigenvalue weighted by Gasteiger charge is -2.02. The summed E-state index contributed by atoms with van der Waals surface area (Å²) >= 11 is 0. The molecule has 1 rings (SSSR count). The molecule has 52 valence electrons. The van der Waals surface area contributed by atoms with Crippen molar-refractivity contribution in [1.29, 1.82) is 0 Å². The highest BCUT2D eigenvalue weighted by atomic mass is 16.5. The molecule has 0 amide bonds. The van der Waals surface area contributed by atoms with E-state index in [2.05, 4.69) is 9.48 Å². The highest BCUT2D eigenvalue weighted by Gasteiger charge is 2.24. The zero-order valence-electron chi connectivity index (χ0n) is 6.22. The van der Waals surface area contributed by atoms with Gasteiger partial charge in [-0.2, -0.15) is 0 Å². The Morgan fingerprint density at radius 3 is 2.56 bits per heavy atom. The molecule has 0 bridgehead atoms. The van der Waals surface area contributed by atoms with E-state index in [1.807, 2.05) is 14.1 Å². The fourth-order valence-electron chi connectivity index (χ4n) is 1.09. The highest BCUT2D eigenvalue weighted by molar-refractivity contribution is 5.68. The summed E-state index contributed by atoms with van der Waals surface area (Å²) in [6.07, 6.45) is 0. The average Bonchev–Trinajstić information content (AvgIpc) is 2.12. The minimum Gasteiger partial charge on any atom is -0.435 e. The maximum Gasteiger partial charge on any atom is 0.445 e. The van der Waals surface area contributed by atoms with Gasteiger partial charge in [0.1, 0.15) is 13.1 Å². The lowest BCUT2D eigenvalue weighted by Crippen LogP contribution is -2.25. The third-order valence-corrected chi connectivity index (χ3v) is 1.61. The second kappa shape index (κ2) is 2.25. The van der Waals surface area contributed by atoms with E-state index in [0.717, 1.165) is 19.1 Å². The number of hydrogen-bond acceptors (Lipinski definition) is 2. The first-order chi connectivity index (χ1) is 4.25. The Hall–Kier alpha value is -0.730. The smallest absolute Gasteiger partial charge is 0.435 e. The molecule has 0 radical (unpaired) electrons. The topological polar surface area (TPSA) is 15.5 Å². The Morgan fingerprint density at radius 2 is 2.33 bits per heavy atom. The van der Waals surface area contributed by atoms with Crippen molar-refractivity contribution in [2.45, 2.75) is 0 Å². The monoisotopic (exact) mass is 129 g/mol. The van der Waals surface area contributed by atoms with E-state index < -0.39 is 0 Å². The van der Waals surface area contributed by atoms with Crippen molar-refractivity contribution in [2.24, 2.45) is 0 Å². The fraction of sp³-hybridized carbons (Fsp3) is 0.833. The second-order valence-corrected chi connectivity index (χ2v) is 2.33. The van der Waals surface area contributed by atoms with E-state index in [9.17, 15) is 0 Å². The molecule has 3 nitrogen and oxygen atoms in total. The van der Waals surface area contributed by atoms with Gasteiger partial charge in [-0.15, -0.1) is 0 Å². The maximum atomic E-state index is 5.10. The molecule has 1 heterocycles. The summed E-state index contributed by atoms with van der Waals surface area (Å²) in [5, 5.41) is 0. The number of nitrogens with zero attached hydrogens (tertiary/aromatic N) is 2. The molecule has 3 heteroatoms. The molecule has 0 saturated heterocycles. The second-order valence-electron chi connectivity index (χ2n) is 2.33. The van der Waals surface area contributed by atoms with Crippen LogP contribution >= 0.6 is 0 Å². The van der Waals surface area contributed by atoms with Crippen molar-refractivity contribution in [3.8, 4) is 0 Å². The molecule has 9 heavy (non-hydrogen) atoms. The van der Waals surface area contributed by atoms with Crippen molar-refractivity contribution in [3.05, 3.63) is 0 Å². The highest BCUT2D eigenvalue weighted by Crippen LogP contribution is 1.95. The van der Waals surface area contributed by atoms with Gasteiger partial charge in [-0.25, -0.2) is 9.48 Å². The van der Waals surface area contributed by atoms with Gasteiger partial charge in [0.05, 0.1) is 21.2 Å². The van der Waals surface area contributed by atoms with Gasteiger partial charge in [-0.05, 0) is 0 Å². The summed E-state index contributed by atoms with van der Waals surface area (Å²) in [5.41, 5.74) is 0. The first kappa shape index (κ1) is 6.39. The molecule has 0 N–H and O–H groups in total. The third-order valence-electron chi connectivity index (χ3n) is 1.61. The molecule has 0 aliphatic carbocycles. The fourth-order valence-corrected chi connectivity index (χ4v) is 1.09. The van der Waals surface area contributed by atoms with Gasteiger partial charge in [-0.3, -0.25) is 0 Å². The van der Waals surface area contributed by atoms with E-state index in [1.165, 1.54) is 0 Å². The predicted molar refractivity (Wildman–Crippen MR) is 35.7 cm³/mol. The summed E-state index contributed by atoms with van der Waals surface area (Å²) in [4.78, 5) is 2.10. The Kier molecular flexibility index (Phi) is 1.60. The number of rotatable bonds is 0. The maximum absolute atomic E-state index is 5.10. The van der Waals surface area contributed by atoms with Crippen molar-refractivity contribution >= 4 is 6.02 Å². The lowest BCUT2D eigenvalue weighted by atomic mass is 10.6. The van der Waals surface area contributed by atoms with Gasteiger partial charge in [0, 0.05) is 0 Å². The zero-order valence-corrected chi connectivity index (χ0v) is 6.22. The molecule has 0 unspecified atom stereocenters. The molecule has 0 fully saturated rings. The van der Waals surface area contributed by atoms with E-state index in [1.54, 1.807) is 7.11 Å². The van der Waals surface area contributed by atoms with Gasteiger partial charge >= 0.3 is 6.02 Å². The number of ether oxygens (including phenoxy) is 1. The molecule has 0 atom stereocenters. The molecule has 0 spiro atoms. The van der Waals surface area contributed by atoms with Gasteiger partial charge in [0.15, 0.2) is 0 Å². The number of likely N-dealkylation sites (N-methyl/N-ethyl adjacent to an activating group) is 2. The van der Waals surface area contributed by atoms with Crippen LogP contribution in [0.15, 0.2) is 0 Å². The summed E-state index contributed by atoms with van der Waals surface area (Å²) < 4.78 is 7.20. The Balaban J connectivity index is 2.69. The number of amidine groups is 1. The van der Waals surface area contributed by atoms with Crippen LogP contribution < -0.4 is 0 Å². The van der Waals surface area contributed by atoms with Gasteiger partial charge in [0.2, 0.25) is 0 Å². The number of hydrogen-bond donors (Lipinski definition) is 0. The average molecular weight is 129 g/mol.